The number of hydrogen-bond acceptors (Lipinski definition) is 4. The van der Waals surface area contributed by atoms with E-state index < -0.39 is 6.04 Å². The lowest BCUT2D eigenvalue weighted by atomic mass is 10.1. The molecule has 0 spiro atoms. The van der Waals surface area contributed by atoms with E-state index in [-0.39, 0.29) is 4.92 Å². The largest absolute Gasteiger partial charge is 0.287 e. The molecule has 1 unspecified atom stereocenters. The molecule has 1 atom stereocenters. The third kappa shape index (κ3) is 5.03. The van der Waals surface area contributed by atoms with Gasteiger partial charge in [0, 0.05) is 28.9 Å². The molecule has 0 saturated heterocycles. The average Bonchev–Trinajstić information content (AvgIpc) is 2.34. The van der Waals surface area contributed by atoms with Gasteiger partial charge in [0.2, 0.25) is 6.04 Å². The van der Waals surface area contributed by atoms with E-state index in [9.17, 15) is 10.1 Å². The molecule has 0 saturated carbocycles. The standard InChI is InChI=1S/C7H9N.C6H10N2O2/c1-6-3-4-7(2)8-5-6;1-5-2-3-6(4-7-5)8(9)10/h3-5H,1-2H3;6H,2-4H2,1H3. The van der Waals surface area contributed by atoms with Crippen molar-refractivity contribution in [3.8, 4) is 0 Å². The molecule has 0 bridgehead atoms. The summed E-state index contributed by atoms with van der Waals surface area (Å²) in [6.45, 7) is 6.31. The van der Waals surface area contributed by atoms with Crippen molar-refractivity contribution < 1.29 is 4.92 Å². The van der Waals surface area contributed by atoms with E-state index in [0.29, 0.717) is 13.0 Å². The second-order valence-corrected chi connectivity index (χ2v) is 4.53. The molecule has 2 rings (SSSR count). The van der Waals surface area contributed by atoms with E-state index in [1.165, 1.54) is 5.56 Å². The Kier molecular flexibility index (Phi) is 5.42. The minimum Gasteiger partial charge on any atom is -0.287 e. The first-order chi connectivity index (χ1) is 8.49. The molecule has 5 nitrogen and oxygen atoms in total. The second-order valence-electron chi connectivity index (χ2n) is 4.53. The fraction of sp³-hybridized carbons (Fsp3) is 0.538. The van der Waals surface area contributed by atoms with Crippen molar-refractivity contribution >= 4 is 5.71 Å². The Labute approximate surface area is 107 Å². The first-order valence-electron chi connectivity index (χ1n) is 6.01. The fourth-order valence-electron chi connectivity index (χ4n) is 1.52. The molecule has 0 N–H and O–H groups in total. The molecule has 0 aliphatic carbocycles. The van der Waals surface area contributed by atoms with Gasteiger partial charge in [0.25, 0.3) is 0 Å². The van der Waals surface area contributed by atoms with Crippen LogP contribution in [0.5, 0.6) is 0 Å². The summed E-state index contributed by atoms with van der Waals surface area (Å²) in [5, 5.41) is 10.2. The maximum Gasteiger partial charge on any atom is 0.232 e. The van der Waals surface area contributed by atoms with Gasteiger partial charge in [-0.3, -0.25) is 20.1 Å². The number of aliphatic imine (C=N–C) groups is 1. The molecule has 0 fully saturated rings. The Balaban J connectivity index is 0.000000184. The summed E-state index contributed by atoms with van der Waals surface area (Å²) >= 11 is 0. The van der Waals surface area contributed by atoms with E-state index in [4.69, 9.17) is 0 Å². The molecule has 5 heteroatoms. The molecule has 1 aliphatic heterocycles. The topological polar surface area (TPSA) is 68.4 Å². The van der Waals surface area contributed by atoms with E-state index >= 15 is 0 Å². The maximum absolute atomic E-state index is 10.2. The summed E-state index contributed by atoms with van der Waals surface area (Å²) in [7, 11) is 0. The number of aryl methyl sites for hydroxylation is 2. The third-order valence-corrected chi connectivity index (χ3v) is 2.77. The van der Waals surface area contributed by atoms with Crippen LogP contribution in [0.1, 0.15) is 31.0 Å². The summed E-state index contributed by atoms with van der Waals surface area (Å²) in [5.41, 5.74) is 3.34. The van der Waals surface area contributed by atoms with Gasteiger partial charge in [-0.2, -0.15) is 0 Å². The van der Waals surface area contributed by atoms with Gasteiger partial charge in [-0.05, 0) is 38.8 Å². The minimum absolute atomic E-state index is 0.240. The lowest BCUT2D eigenvalue weighted by molar-refractivity contribution is -0.520. The number of nitrogens with zero attached hydrogens (tertiary/aromatic N) is 3. The quantitative estimate of drug-likeness (QED) is 0.567. The molecule has 18 heavy (non-hydrogen) atoms. The summed E-state index contributed by atoms with van der Waals surface area (Å²) in [6.07, 6.45) is 3.31. The van der Waals surface area contributed by atoms with Gasteiger partial charge in [-0.15, -0.1) is 0 Å². The van der Waals surface area contributed by atoms with Crippen molar-refractivity contribution in [2.45, 2.75) is 39.7 Å². The lowest BCUT2D eigenvalue weighted by Crippen LogP contribution is -2.27. The molecule has 1 aromatic rings. The van der Waals surface area contributed by atoms with E-state index in [0.717, 1.165) is 17.8 Å². The number of rotatable bonds is 1. The zero-order chi connectivity index (χ0) is 13.5. The van der Waals surface area contributed by atoms with Crippen LogP contribution in [0.2, 0.25) is 0 Å². The summed E-state index contributed by atoms with van der Waals surface area (Å²) < 4.78 is 0. The second kappa shape index (κ2) is 6.83. The predicted octanol–water partition coefficient (Wildman–Crippen LogP) is 2.58. The highest BCUT2D eigenvalue weighted by atomic mass is 16.6. The first-order valence-corrected chi connectivity index (χ1v) is 6.01. The van der Waals surface area contributed by atoms with Gasteiger partial charge >= 0.3 is 0 Å². The maximum atomic E-state index is 10.2. The molecule has 0 radical (unpaired) electrons. The first kappa shape index (κ1) is 14.3. The fourth-order valence-corrected chi connectivity index (χ4v) is 1.52. The van der Waals surface area contributed by atoms with Gasteiger partial charge in [0.05, 0.1) is 0 Å². The number of aromatic nitrogens is 1. The monoisotopic (exact) mass is 249 g/mol. The minimum atomic E-state index is -0.427. The third-order valence-electron chi connectivity index (χ3n) is 2.77. The highest BCUT2D eigenvalue weighted by Crippen LogP contribution is 2.09. The van der Waals surface area contributed by atoms with E-state index in [2.05, 4.69) is 16.0 Å². The summed E-state index contributed by atoms with van der Waals surface area (Å²) in [6, 6.07) is 3.64. The summed E-state index contributed by atoms with van der Waals surface area (Å²) in [4.78, 5) is 18.0. The number of nitro groups is 1. The Hall–Kier alpha value is -1.78. The zero-order valence-corrected chi connectivity index (χ0v) is 11.1. The molecule has 2 heterocycles. The Morgan fingerprint density at radius 3 is 2.44 bits per heavy atom. The smallest absolute Gasteiger partial charge is 0.232 e. The zero-order valence-electron chi connectivity index (χ0n) is 11.1. The number of hydrogen-bond donors (Lipinski definition) is 0. The van der Waals surface area contributed by atoms with Gasteiger partial charge in [0.1, 0.15) is 6.54 Å². The Bertz CT molecular complexity index is 405. The molecular formula is C13H19N3O2. The van der Waals surface area contributed by atoms with E-state index in [1.807, 2.05) is 33.0 Å². The normalized spacial score (nSPS) is 18.4. The van der Waals surface area contributed by atoms with Crippen LogP contribution in [0.4, 0.5) is 0 Å². The molecule has 1 aliphatic rings. The molecule has 0 amide bonds. The highest BCUT2D eigenvalue weighted by Gasteiger charge is 2.22. The van der Waals surface area contributed by atoms with E-state index in [1.54, 1.807) is 0 Å². The van der Waals surface area contributed by atoms with Gasteiger partial charge < -0.3 is 0 Å². The highest BCUT2D eigenvalue weighted by molar-refractivity contribution is 5.82. The van der Waals surface area contributed by atoms with Crippen LogP contribution in [0.15, 0.2) is 23.3 Å². The molecule has 1 aromatic heterocycles. The Morgan fingerprint density at radius 1 is 1.33 bits per heavy atom. The van der Waals surface area contributed by atoms with Crippen LogP contribution in [-0.4, -0.2) is 28.2 Å². The molecular weight excluding hydrogens is 230 g/mol. The van der Waals surface area contributed by atoms with Crippen LogP contribution < -0.4 is 0 Å². The van der Waals surface area contributed by atoms with Gasteiger partial charge in [-0.1, -0.05) is 6.07 Å². The summed E-state index contributed by atoms with van der Waals surface area (Å²) in [5.74, 6) is 0. The SMILES string of the molecule is CC1=NCC([N+](=O)[O-])CC1.Cc1ccc(C)nc1. The number of pyridine rings is 1. The van der Waals surface area contributed by atoms with Crippen molar-refractivity contribution in [1.82, 2.24) is 4.98 Å². The van der Waals surface area contributed by atoms with Crippen molar-refractivity contribution in [2.24, 2.45) is 4.99 Å². The van der Waals surface area contributed by atoms with Crippen LogP contribution >= 0.6 is 0 Å². The molecule has 0 aromatic carbocycles. The Morgan fingerprint density at radius 2 is 2.06 bits per heavy atom. The molecule has 98 valence electrons. The van der Waals surface area contributed by atoms with Crippen molar-refractivity contribution in [1.29, 1.82) is 0 Å². The van der Waals surface area contributed by atoms with Crippen LogP contribution in [0.3, 0.4) is 0 Å². The van der Waals surface area contributed by atoms with Gasteiger partial charge in [0.15, 0.2) is 0 Å². The average molecular weight is 249 g/mol. The van der Waals surface area contributed by atoms with Crippen LogP contribution in [0, 0.1) is 24.0 Å². The predicted molar refractivity (Wildman–Crippen MR) is 71.7 cm³/mol. The lowest BCUT2D eigenvalue weighted by Gasteiger charge is -2.11. The van der Waals surface area contributed by atoms with Crippen LogP contribution in [-0.2, 0) is 0 Å². The van der Waals surface area contributed by atoms with Crippen molar-refractivity contribution in [3.05, 3.63) is 39.7 Å². The van der Waals surface area contributed by atoms with Crippen LogP contribution in [0.25, 0.3) is 0 Å². The van der Waals surface area contributed by atoms with Gasteiger partial charge in [-0.25, -0.2) is 0 Å². The van der Waals surface area contributed by atoms with Crippen molar-refractivity contribution in [2.75, 3.05) is 6.54 Å². The van der Waals surface area contributed by atoms with Crippen molar-refractivity contribution in [3.63, 3.8) is 0 Å².